The van der Waals surface area contributed by atoms with Crippen molar-refractivity contribution in [1.29, 1.82) is 5.26 Å². The normalized spacial score (nSPS) is 11.7. The SMILES string of the molecule is Cc1ncc([N+](=O)[O-])n1CC(O)COc1ccc(CC#N)cc1. The van der Waals surface area contributed by atoms with Crippen molar-refractivity contribution in [2.75, 3.05) is 6.61 Å². The summed E-state index contributed by atoms with van der Waals surface area (Å²) in [6.07, 6.45) is 0.573. The molecule has 0 fully saturated rings. The van der Waals surface area contributed by atoms with Crippen LogP contribution in [0, 0.1) is 28.4 Å². The van der Waals surface area contributed by atoms with Crippen LogP contribution in [0.15, 0.2) is 30.5 Å². The van der Waals surface area contributed by atoms with Crippen molar-refractivity contribution in [1.82, 2.24) is 9.55 Å². The van der Waals surface area contributed by atoms with E-state index in [1.807, 2.05) is 0 Å². The minimum absolute atomic E-state index is 0.00757. The predicted molar refractivity (Wildman–Crippen MR) is 80.9 cm³/mol. The Balaban J connectivity index is 1.93. The number of hydrogen-bond donors (Lipinski definition) is 1. The lowest BCUT2D eigenvalue weighted by Crippen LogP contribution is -2.24. The molecule has 0 aliphatic carbocycles. The largest absolute Gasteiger partial charge is 0.491 e. The molecule has 1 heterocycles. The van der Waals surface area contributed by atoms with Gasteiger partial charge in [-0.1, -0.05) is 12.1 Å². The number of aryl methyl sites for hydroxylation is 1. The van der Waals surface area contributed by atoms with Crippen LogP contribution in [0.1, 0.15) is 11.4 Å². The Morgan fingerprint density at radius 3 is 2.78 bits per heavy atom. The van der Waals surface area contributed by atoms with E-state index < -0.39 is 11.0 Å². The first kappa shape index (κ1) is 16.5. The highest BCUT2D eigenvalue weighted by Crippen LogP contribution is 2.16. The maximum atomic E-state index is 10.9. The van der Waals surface area contributed by atoms with Crippen molar-refractivity contribution >= 4 is 5.82 Å². The number of nitriles is 1. The van der Waals surface area contributed by atoms with Crippen molar-refractivity contribution in [3.05, 3.63) is 52.0 Å². The molecule has 1 aromatic carbocycles. The van der Waals surface area contributed by atoms with Gasteiger partial charge in [-0.2, -0.15) is 5.26 Å². The number of aromatic nitrogens is 2. The number of rotatable bonds is 7. The lowest BCUT2D eigenvalue weighted by atomic mass is 10.2. The third-order valence-corrected chi connectivity index (χ3v) is 3.26. The maximum absolute atomic E-state index is 10.9. The van der Waals surface area contributed by atoms with Gasteiger partial charge in [0.1, 0.15) is 31.2 Å². The molecule has 0 radical (unpaired) electrons. The Bertz CT molecular complexity index is 718. The van der Waals surface area contributed by atoms with Gasteiger partial charge in [0, 0.05) is 6.92 Å². The highest BCUT2D eigenvalue weighted by Gasteiger charge is 2.20. The number of imidazole rings is 1. The van der Waals surface area contributed by atoms with Crippen molar-refractivity contribution in [2.24, 2.45) is 0 Å². The third kappa shape index (κ3) is 4.28. The van der Waals surface area contributed by atoms with E-state index in [9.17, 15) is 15.2 Å². The molecule has 120 valence electrons. The lowest BCUT2D eigenvalue weighted by molar-refractivity contribution is -0.392. The second kappa shape index (κ2) is 7.38. The number of nitrogens with zero attached hydrogens (tertiary/aromatic N) is 4. The first-order valence-electron chi connectivity index (χ1n) is 6.94. The standard InChI is InChI=1S/C15H16N4O4/c1-11-17-8-15(19(21)22)18(11)9-13(20)10-23-14-4-2-12(3-5-14)6-7-16/h2-5,8,13,20H,6,9-10H2,1H3. The molecular weight excluding hydrogens is 300 g/mol. The van der Waals surface area contributed by atoms with E-state index in [4.69, 9.17) is 10.00 Å². The fraction of sp³-hybridized carbons (Fsp3) is 0.333. The molecule has 0 aliphatic rings. The van der Waals surface area contributed by atoms with Crippen LogP contribution in [0.25, 0.3) is 0 Å². The molecule has 23 heavy (non-hydrogen) atoms. The zero-order valence-corrected chi connectivity index (χ0v) is 12.5. The average Bonchev–Trinajstić information content (AvgIpc) is 2.88. The number of ether oxygens (including phenoxy) is 1. The van der Waals surface area contributed by atoms with Crippen molar-refractivity contribution in [3.63, 3.8) is 0 Å². The zero-order chi connectivity index (χ0) is 16.8. The van der Waals surface area contributed by atoms with Crippen LogP contribution in [0.5, 0.6) is 5.75 Å². The second-order valence-electron chi connectivity index (χ2n) is 4.97. The van der Waals surface area contributed by atoms with Crippen LogP contribution in [0.4, 0.5) is 5.82 Å². The van der Waals surface area contributed by atoms with E-state index in [2.05, 4.69) is 11.1 Å². The molecule has 0 spiro atoms. The predicted octanol–water partition coefficient (Wildman–Crippen LogP) is 1.61. The van der Waals surface area contributed by atoms with E-state index >= 15 is 0 Å². The van der Waals surface area contributed by atoms with Crippen molar-refractivity contribution < 1.29 is 14.8 Å². The van der Waals surface area contributed by atoms with Crippen LogP contribution in [0.2, 0.25) is 0 Å². The fourth-order valence-electron chi connectivity index (χ4n) is 2.08. The van der Waals surface area contributed by atoms with Crippen molar-refractivity contribution in [2.45, 2.75) is 26.0 Å². The monoisotopic (exact) mass is 316 g/mol. The van der Waals surface area contributed by atoms with Gasteiger partial charge in [0.05, 0.1) is 12.5 Å². The fourth-order valence-corrected chi connectivity index (χ4v) is 2.08. The summed E-state index contributed by atoms with van der Waals surface area (Å²) in [5.41, 5.74) is 0.880. The number of aliphatic hydroxyl groups excluding tert-OH is 1. The second-order valence-corrected chi connectivity index (χ2v) is 4.97. The minimum atomic E-state index is -0.916. The summed E-state index contributed by atoms with van der Waals surface area (Å²) >= 11 is 0. The lowest BCUT2D eigenvalue weighted by Gasteiger charge is -2.12. The molecule has 1 unspecified atom stereocenters. The molecule has 0 bridgehead atoms. The summed E-state index contributed by atoms with van der Waals surface area (Å²) in [4.78, 5) is 14.2. The Hall–Kier alpha value is -2.92. The third-order valence-electron chi connectivity index (χ3n) is 3.26. The molecule has 1 N–H and O–H groups in total. The number of benzene rings is 1. The first-order chi connectivity index (χ1) is 11.0. The topological polar surface area (TPSA) is 114 Å². The van der Waals surface area contributed by atoms with Gasteiger partial charge in [-0.3, -0.25) is 0 Å². The molecular formula is C15H16N4O4. The summed E-state index contributed by atoms with van der Waals surface area (Å²) in [5, 5.41) is 29.5. The van der Waals surface area contributed by atoms with E-state index in [1.165, 1.54) is 4.57 Å². The van der Waals surface area contributed by atoms with Crippen LogP contribution in [-0.4, -0.2) is 32.3 Å². The molecule has 0 saturated heterocycles. The molecule has 8 nitrogen and oxygen atoms in total. The minimum Gasteiger partial charge on any atom is -0.491 e. The van der Waals surface area contributed by atoms with E-state index in [0.29, 0.717) is 18.0 Å². The number of aliphatic hydroxyl groups is 1. The maximum Gasteiger partial charge on any atom is 0.342 e. The molecule has 1 aromatic heterocycles. The average molecular weight is 316 g/mol. The van der Waals surface area contributed by atoms with Crippen LogP contribution in [-0.2, 0) is 13.0 Å². The Labute approximate surface area is 132 Å². The Morgan fingerprint density at radius 1 is 1.48 bits per heavy atom. The van der Waals surface area contributed by atoms with Gasteiger partial charge in [-0.15, -0.1) is 0 Å². The molecule has 0 aliphatic heterocycles. The van der Waals surface area contributed by atoms with Gasteiger partial charge in [0.15, 0.2) is 5.82 Å². The molecule has 2 aromatic rings. The molecule has 8 heteroatoms. The summed E-state index contributed by atoms with van der Waals surface area (Å²) in [6.45, 7) is 1.65. The summed E-state index contributed by atoms with van der Waals surface area (Å²) < 4.78 is 6.79. The smallest absolute Gasteiger partial charge is 0.342 e. The van der Waals surface area contributed by atoms with E-state index in [0.717, 1.165) is 11.8 Å². The van der Waals surface area contributed by atoms with Crippen LogP contribution >= 0.6 is 0 Å². The van der Waals surface area contributed by atoms with Crippen molar-refractivity contribution in [3.8, 4) is 11.8 Å². The molecule has 1 atom stereocenters. The molecule has 0 saturated carbocycles. The van der Waals surface area contributed by atoms with Gasteiger partial charge >= 0.3 is 5.82 Å². The quantitative estimate of drug-likeness (QED) is 0.613. The Morgan fingerprint density at radius 2 is 2.17 bits per heavy atom. The highest BCUT2D eigenvalue weighted by atomic mass is 16.6. The Kier molecular flexibility index (Phi) is 5.28. The van der Waals surface area contributed by atoms with Gasteiger partial charge in [-0.05, 0) is 22.6 Å². The van der Waals surface area contributed by atoms with E-state index in [1.54, 1.807) is 31.2 Å². The van der Waals surface area contributed by atoms with Crippen LogP contribution < -0.4 is 4.74 Å². The summed E-state index contributed by atoms with van der Waals surface area (Å²) in [6, 6.07) is 9.03. The number of hydrogen-bond acceptors (Lipinski definition) is 6. The van der Waals surface area contributed by atoms with Gasteiger partial charge in [0.25, 0.3) is 0 Å². The first-order valence-corrected chi connectivity index (χ1v) is 6.94. The van der Waals surface area contributed by atoms with Gasteiger partial charge < -0.3 is 20.0 Å². The molecule has 0 amide bonds. The summed E-state index contributed by atoms with van der Waals surface area (Å²) in [7, 11) is 0. The van der Waals surface area contributed by atoms with Gasteiger partial charge in [0.2, 0.25) is 0 Å². The summed E-state index contributed by atoms with van der Waals surface area (Å²) in [5.74, 6) is 0.849. The van der Waals surface area contributed by atoms with Gasteiger partial charge in [-0.25, -0.2) is 9.55 Å². The van der Waals surface area contributed by atoms with E-state index in [-0.39, 0.29) is 19.0 Å². The highest BCUT2D eigenvalue weighted by molar-refractivity contribution is 5.28. The zero-order valence-electron chi connectivity index (χ0n) is 12.5. The van der Waals surface area contributed by atoms with Crippen LogP contribution in [0.3, 0.4) is 0 Å². The molecule has 2 rings (SSSR count). The number of nitro groups is 1.